The molecule has 7 heteroatoms. The monoisotopic (exact) mass is 494 g/mol. The van der Waals surface area contributed by atoms with Gasteiger partial charge in [0.1, 0.15) is 6.54 Å². The zero-order chi connectivity index (χ0) is 19.6. The van der Waals surface area contributed by atoms with Gasteiger partial charge in [0.15, 0.2) is 0 Å². The van der Waals surface area contributed by atoms with Crippen LogP contribution in [0.4, 0.5) is 11.4 Å². The molecule has 0 atom stereocenters. The van der Waals surface area contributed by atoms with E-state index in [2.05, 4.69) is 27.9 Å². The molecule has 0 aliphatic heterocycles. The second kappa shape index (κ2) is 7.85. The predicted molar refractivity (Wildman–Crippen MR) is 119 cm³/mol. The third-order valence-electron chi connectivity index (χ3n) is 4.19. The number of nitrogens with one attached hydrogen (secondary N) is 1. The SMILES string of the molecule is Cc1cc(I)ccc1NC(=O)CN(c1cccc2ccccc12)S(C)(=O)=O. The molecule has 0 saturated carbocycles. The van der Waals surface area contributed by atoms with Gasteiger partial charge in [0.25, 0.3) is 0 Å². The highest BCUT2D eigenvalue weighted by Crippen LogP contribution is 2.28. The minimum absolute atomic E-state index is 0.293. The Hall–Kier alpha value is -2.13. The maximum Gasteiger partial charge on any atom is 0.245 e. The topological polar surface area (TPSA) is 66.5 Å². The first-order valence-electron chi connectivity index (χ1n) is 8.27. The largest absolute Gasteiger partial charge is 0.324 e. The van der Waals surface area contributed by atoms with E-state index in [0.29, 0.717) is 11.4 Å². The first kappa shape index (κ1) is 19.6. The summed E-state index contributed by atoms with van der Waals surface area (Å²) in [6.45, 7) is 1.61. The lowest BCUT2D eigenvalue weighted by Gasteiger charge is -2.23. The molecule has 0 bridgehead atoms. The molecule has 0 aliphatic rings. The van der Waals surface area contributed by atoms with Crippen molar-refractivity contribution in [1.29, 1.82) is 0 Å². The number of sulfonamides is 1. The van der Waals surface area contributed by atoms with Gasteiger partial charge in [-0.05, 0) is 64.7 Å². The van der Waals surface area contributed by atoms with Crippen LogP contribution >= 0.6 is 22.6 Å². The van der Waals surface area contributed by atoms with Crippen LogP contribution in [-0.4, -0.2) is 27.1 Å². The van der Waals surface area contributed by atoms with Crippen molar-refractivity contribution in [3.8, 4) is 0 Å². The lowest BCUT2D eigenvalue weighted by atomic mass is 10.1. The van der Waals surface area contributed by atoms with E-state index in [1.165, 1.54) is 0 Å². The minimum atomic E-state index is -3.64. The number of anilines is 2. The molecule has 0 spiro atoms. The Morgan fingerprint density at radius 2 is 1.78 bits per heavy atom. The zero-order valence-corrected chi connectivity index (χ0v) is 17.9. The van der Waals surface area contributed by atoms with Gasteiger partial charge in [-0.1, -0.05) is 36.4 Å². The van der Waals surface area contributed by atoms with Gasteiger partial charge in [0.2, 0.25) is 15.9 Å². The van der Waals surface area contributed by atoms with Gasteiger partial charge in [0, 0.05) is 14.6 Å². The normalized spacial score (nSPS) is 11.4. The second-order valence-corrected chi connectivity index (χ2v) is 9.43. The fourth-order valence-corrected chi connectivity index (χ4v) is 4.41. The van der Waals surface area contributed by atoms with Crippen LogP contribution in [0, 0.1) is 10.5 Å². The molecule has 3 rings (SSSR count). The van der Waals surface area contributed by atoms with Gasteiger partial charge >= 0.3 is 0 Å². The quantitative estimate of drug-likeness (QED) is 0.542. The molecule has 3 aromatic rings. The average Bonchev–Trinajstić information content (AvgIpc) is 2.61. The fourth-order valence-electron chi connectivity index (χ4n) is 2.89. The molecule has 140 valence electrons. The summed E-state index contributed by atoms with van der Waals surface area (Å²) in [5.41, 5.74) is 2.09. The van der Waals surface area contributed by atoms with Crippen molar-refractivity contribution < 1.29 is 13.2 Å². The zero-order valence-electron chi connectivity index (χ0n) is 14.9. The van der Waals surface area contributed by atoms with E-state index >= 15 is 0 Å². The Bertz CT molecular complexity index is 1110. The average molecular weight is 494 g/mol. The molecule has 3 aromatic carbocycles. The van der Waals surface area contributed by atoms with Gasteiger partial charge in [-0.25, -0.2) is 8.42 Å². The number of aryl methyl sites for hydroxylation is 1. The Kier molecular flexibility index (Phi) is 5.71. The number of carbonyl (C=O) groups is 1. The van der Waals surface area contributed by atoms with Crippen molar-refractivity contribution in [2.45, 2.75) is 6.92 Å². The van der Waals surface area contributed by atoms with Gasteiger partial charge in [-0.15, -0.1) is 0 Å². The van der Waals surface area contributed by atoms with Crippen molar-refractivity contribution in [3.05, 3.63) is 69.8 Å². The molecule has 0 aliphatic carbocycles. The van der Waals surface area contributed by atoms with E-state index < -0.39 is 15.9 Å². The van der Waals surface area contributed by atoms with Crippen molar-refractivity contribution in [3.63, 3.8) is 0 Å². The summed E-state index contributed by atoms with van der Waals surface area (Å²) in [6, 6.07) is 18.6. The van der Waals surface area contributed by atoms with Crippen LogP contribution < -0.4 is 9.62 Å². The number of halogens is 1. The summed E-state index contributed by atoms with van der Waals surface area (Å²) in [4.78, 5) is 12.6. The number of benzene rings is 3. The number of hydrogen-bond donors (Lipinski definition) is 1. The van der Waals surface area contributed by atoms with E-state index in [1.807, 2.05) is 55.5 Å². The molecular formula is C20H19IN2O3S. The second-order valence-electron chi connectivity index (χ2n) is 6.28. The Morgan fingerprint density at radius 3 is 2.48 bits per heavy atom. The molecule has 1 N–H and O–H groups in total. The van der Waals surface area contributed by atoms with Crippen LogP contribution in [-0.2, 0) is 14.8 Å². The minimum Gasteiger partial charge on any atom is -0.324 e. The molecule has 0 fully saturated rings. The summed E-state index contributed by atoms with van der Waals surface area (Å²) in [5, 5.41) is 4.50. The van der Waals surface area contributed by atoms with Crippen LogP contribution in [0.3, 0.4) is 0 Å². The number of hydrogen-bond acceptors (Lipinski definition) is 3. The van der Waals surface area contributed by atoms with Crippen molar-refractivity contribution in [2.24, 2.45) is 0 Å². The Morgan fingerprint density at radius 1 is 1.07 bits per heavy atom. The van der Waals surface area contributed by atoms with E-state index in [4.69, 9.17) is 0 Å². The van der Waals surface area contributed by atoms with E-state index in [1.54, 1.807) is 12.1 Å². The first-order chi connectivity index (χ1) is 12.8. The van der Waals surface area contributed by atoms with Crippen molar-refractivity contribution >= 4 is 60.7 Å². The Balaban J connectivity index is 1.93. The smallest absolute Gasteiger partial charge is 0.245 e. The first-order valence-corrected chi connectivity index (χ1v) is 11.2. The van der Waals surface area contributed by atoms with E-state index in [-0.39, 0.29) is 6.54 Å². The number of carbonyl (C=O) groups excluding carboxylic acids is 1. The fraction of sp³-hybridized carbons (Fsp3) is 0.150. The summed E-state index contributed by atoms with van der Waals surface area (Å²) in [7, 11) is -3.64. The maximum absolute atomic E-state index is 12.6. The maximum atomic E-state index is 12.6. The number of amides is 1. The summed E-state index contributed by atoms with van der Waals surface area (Å²) < 4.78 is 27.1. The molecule has 5 nitrogen and oxygen atoms in total. The van der Waals surface area contributed by atoms with Crippen LogP contribution in [0.2, 0.25) is 0 Å². The van der Waals surface area contributed by atoms with Gasteiger partial charge < -0.3 is 5.32 Å². The molecule has 0 unspecified atom stereocenters. The predicted octanol–water partition coefficient (Wildman–Crippen LogP) is 4.16. The highest BCUT2D eigenvalue weighted by Gasteiger charge is 2.22. The van der Waals surface area contributed by atoms with Crippen LogP contribution in [0.1, 0.15) is 5.56 Å². The highest BCUT2D eigenvalue weighted by molar-refractivity contribution is 14.1. The summed E-state index contributed by atoms with van der Waals surface area (Å²) in [5.74, 6) is -0.391. The lowest BCUT2D eigenvalue weighted by molar-refractivity contribution is -0.114. The number of fused-ring (bicyclic) bond motifs is 1. The molecule has 0 heterocycles. The summed E-state index contributed by atoms with van der Waals surface area (Å²) >= 11 is 2.20. The van der Waals surface area contributed by atoms with Gasteiger partial charge in [0.05, 0.1) is 11.9 Å². The highest BCUT2D eigenvalue weighted by atomic mass is 127. The third-order valence-corrected chi connectivity index (χ3v) is 5.98. The van der Waals surface area contributed by atoms with E-state index in [9.17, 15) is 13.2 Å². The molecule has 1 amide bonds. The molecule has 0 aromatic heterocycles. The number of nitrogens with zero attached hydrogens (tertiary/aromatic N) is 1. The van der Waals surface area contributed by atoms with Crippen LogP contribution in [0.25, 0.3) is 10.8 Å². The van der Waals surface area contributed by atoms with Gasteiger partial charge in [-0.3, -0.25) is 9.10 Å². The van der Waals surface area contributed by atoms with Crippen LogP contribution in [0.5, 0.6) is 0 Å². The number of rotatable bonds is 5. The van der Waals surface area contributed by atoms with Crippen molar-refractivity contribution in [2.75, 3.05) is 22.4 Å². The van der Waals surface area contributed by atoms with Gasteiger partial charge in [-0.2, -0.15) is 0 Å². The summed E-state index contributed by atoms with van der Waals surface area (Å²) in [6.07, 6.45) is 1.11. The lowest BCUT2D eigenvalue weighted by Crippen LogP contribution is -2.37. The Labute approximate surface area is 172 Å². The van der Waals surface area contributed by atoms with E-state index in [0.717, 1.165) is 30.5 Å². The van der Waals surface area contributed by atoms with Crippen LogP contribution in [0.15, 0.2) is 60.7 Å². The third kappa shape index (κ3) is 4.59. The molecule has 0 radical (unpaired) electrons. The molecule has 27 heavy (non-hydrogen) atoms. The molecular weight excluding hydrogens is 475 g/mol. The molecule has 0 saturated heterocycles. The standard InChI is InChI=1S/C20H19IN2O3S/c1-14-12-16(21)10-11-18(14)22-20(24)13-23(27(2,25)26)19-9-5-7-15-6-3-4-8-17(15)19/h3-12H,13H2,1-2H3,(H,22,24). The van der Waals surface area contributed by atoms with Crippen molar-refractivity contribution in [1.82, 2.24) is 0 Å².